The highest BCUT2D eigenvalue weighted by atomic mass is 16.5. The molecule has 0 aromatic heterocycles. The lowest BCUT2D eigenvalue weighted by molar-refractivity contribution is 0.287. The van der Waals surface area contributed by atoms with E-state index in [1.165, 1.54) is 0 Å². The molecule has 0 saturated carbocycles. The van der Waals surface area contributed by atoms with Crippen LogP contribution in [0, 0.1) is 5.92 Å². The van der Waals surface area contributed by atoms with Gasteiger partial charge in [0.05, 0.1) is 28.4 Å². The lowest BCUT2D eigenvalue weighted by Crippen LogP contribution is -2.02. The van der Waals surface area contributed by atoms with Crippen molar-refractivity contribution in [3.63, 3.8) is 0 Å². The van der Waals surface area contributed by atoms with Crippen LogP contribution < -0.4 is 28.4 Å². The van der Waals surface area contributed by atoms with E-state index >= 15 is 0 Å². The third kappa shape index (κ3) is 7.24. The molecule has 0 bridgehead atoms. The fourth-order valence-corrected chi connectivity index (χ4v) is 3.62. The quantitative estimate of drug-likeness (QED) is 0.323. The molecule has 3 aromatic carbocycles. The van der Waals surface area contributed by atoms with E-state index in [1.807, 2.05) is 42.5 Å². The summed E-state index contributed by atoms with van der Waals surface area (Å²) in [6.07, 6.45) is 0.924. The summed E-state index contributed by atoms with van der Waals surface area (Å²) in [6, 6.07) is 17.5. The van der Waals surface area contributed by atoms with Crippen molar-refractivity contribution < 1.29 is 28.4 Å². The fourth-order valence-electron chi connectivity index (χ4n) is 3.62. The van der Waals surface area contributed by atoms with Crippen LogP contribution in [0.1, 0.15) is 30.5 Å². The van der Waals surface area contributed by atoms with E-state index in [9.17, 15) is 0 Å². The lowest BCUT2D eigenvalue weighted by atomic mass is 10.0. The van der Waals surface area contributed by atoms with E-state index in [4.69, 9.17) is 28.4 Å². The zero-order chi connectivity index (χ0) is 24.5. The van der Waals surface area contributed by atoms with Crippen LogP contribution >= 0.6 is 0 Å². The molecule has 0 spiro atoms. The molecule has 6 nitrogen and oxygen atoms in total. The Morgan fingerprint density at radius 1 is 0.471 bits per heavy atom. The van der Waals surface area contributed by atoms with Crippen LogP contribution in [0.4, 0.5) is 0 Å². The minimum atomic E-state index is 0.380. The van der Waals surface area contributed by atoms with E-state index in [1.54, 1.807) is 28.4 Å². The fraction of sp³-hybridized carbons (Fsp3) is 0.357. The molecule has 182 valence electrons. The molecule has 0 fully saturated rings. The third-order valence-electron chi connectivity index (χ3n) is 5.22. The maximum atomic E-state index is 6.15. The highest BCUT2D eigenvalue weighted by Gasteiger charge is 2.09. The SMILES string of the molecule is COc1cc(COc2cc(CC(C)C)cc(OCc3cc(OC)cc(OC)c3)c2)cc(OC)c1. The zero-order valence-electron chi connectivity index (χ0n) is 20.8. The molecule has 0 aliphatic carbocycles. The van der Waals surface area contributed by atoms with Gasteiger partial charge in [-0.3, -0.25) is 0 Å². The van der Waals surface area contributed by atoms with Crippen LogP contribution in [0.3, 0.4) is 0 Å². The summed E-state index contributed by atoms with van der Waals surface area (Å²) in [5, 5.41) is 0. The van der Waals surface area contributed by atoms with Gasteiger partial charge >= 0.3 is 0 Å². The first-order valence-electron chi connectivity index (χ1n) is 11.3. The molecule has 3 rings (SSSR count). The van der Waals surface area contributed by atoms with E-state index in [0.29, 0.717) is 19.1 Å². The Hall–Kier alpha value is -3.54. The van der Waals surface area contributed by atoms with Gasteiger partial charge in [-0.2, -0.15) is 0 Å². The Bertz CT molecular complexity index is 954. The zero-order valence-corrected chi connectivity index (χ0v) is 20.8. The molecule has 34 heavy (non-hydrogen) atoms. The Balaban J connectivity index is 1.78. The van der Waals surface area contributed by atoms with E-state index in [-0.39, 0.29) is 0 Å². The number of methoxy groups -OCH3 is 4. The molecule has 0 radical (unpaired) electrons. The van der Waals surface area contributed by atoms with Crippen molar-refractivity contribution in [2.75, 3.05) is 28.4 Å². The smallest absolute Gasteiger partial charge is 0.123 e. The number of ether oxygens (including phenoxy) is 6. The summed E-state index contributed by atoms with van der Waals surface area (Å²) in [5.41, 5.74) is 3.07. The molecule has 0 N–H and O–H groups in total. The lowest BCUT2D eigenvalue weighted by Gasteiger charge is -2.15. The second-order valence-corrected chi connectivity index (χ2v) is 8.43. The van der Waals surface area contributed by atoms with Crippen LogP contribution in [-0.2, 0) is 19.6 Å². The average Bonchev–Trinajstić information content (AvgIpc) is 2.85. The minimum Gasteiger partial charge on any atom is -0.497 e. The summed E-state index contributed by atoms with van der Waals surface area (Å²) in [6.45, 7) is 5.15. The first-order valence-corrected chi connectivity index (χ1v) is 11.3. The van der Waals surface area contributed by atoms with Crippen LogP contribution in [-0.4, -0.2) is 28.4 Å². The standard InChI is InChI=1S/C28H34O6/c1-19(2)7-20-8-27(33-17-21-10-23(29-3)14-24(11-21)30-4)16-28(9-20)34-18-22-12-25(31-5)15-26(13-22)32-6/h8-16,19H,7,17-18H2,1-6H3. The molecule has 6 heteroatoms. The molecule has 0 saturated heterocycles. The van der Waals surface area contributed by atoms with Gasteiger partial charge in [-0.1, -0.05) is 13.8 Å². The third-order valence-corrected chi connectivity index (χ3v) is 5.22. The highest BCUT2D eigenvalue weighted by molar-refractivity contribution is 5.42. The van der Waals surface area contributed by atoms with Crippen molar-refractivity contribution in [1.29, 1.82) is 0 Å². The van der Waals surface area contributed by atoms with Crippen LogP contribution in [0.25, 0.3) is 0 Å². The van der Waals surface area contributed by atoms with E-state index < -0.39 is 0 Å². The van der Waals surface area contributed by atoms with Gasteiger partial charge in [-0.15, -0.1) is 0 Å². The van der Waals surface area contributed by atoms with Crippen molar-refractivity contribution in [3.05, 3.63) is 71.3 Å². The van der Waals surface area contributed by atoms with Gasteiger partial charge in [0.25, 0.3) is 0 Å². The normalized spacial score (nSPS) is 10.7. The first-order chi connectivity index (χ1) is 16.4. The van der Waals surface area contributed by atoms with Gasteiger partial charge in [-0.05, 0) is 65.4 Å². The van der Waals surface area contributed by atoms with Crippen molar-refractivity contribution >= 4 is 0 Å². The number of hydrogen-bond acceptors (Lipinski definition) is 6. The summed E-state index contributed by atoms with van der Waals surface area (Å²) >= 11 is 0. The molecular formula is C28H34O6. The summed E-state index contributed by atoms with van der Waals surface area (Å²) < 4.78 is 33.8. The first kappa shape index (κ1) is 25.1. The second-order valence-electron chi connectivity index (χ2n) is 8.43. The average molecular weight is 467 g/mol. The van der Waals surface area contributed by atoms with Crippen molar-refractivity contribution in [2.45, 2.75) is 33.5 Å². The molecule has 0 heterocycles. The highest BCUT2D eigenvalue weighted by Crippen LogP contribution is 2.29. The Morgan fingerprint density at radius 3 is 1.12 bits per heavy atom. The predicted molar refractivity (Wildman–Crippen MR) is 133 cm³/mol. The number of hydrogen-bond donors (Lipinski definition) is 0. The Kier molecular flexibility index (Phi) is 8.91. The van der Waals surface area contributed by atoms with Gasteiger partial charge in [0, 0.05) is 18.2 Å². The van der Waals surface area contributed by atoms with Gasteiger partial charge < -0.3 is 28.4 Å². The van der Waals surface area contributed by atoms with E-state index in [2.05, 4.69) is 26.0 Å². The van der Waals surface area contributed by atoms with Crippen LogP contribution in [0.2, 0.25) is 0 Å². The monoisotopic (exact) mass is 466 g/mol. The van der Waals surface area contributed by atoms with Gasteiger partial charge in [0.2, 0.25) is 0 Å². The molecule has 0 atom stereocenters. The molecule has 0 aliphatic rings. The summed E-state index contributed by atoms with van der Waals surface area (Å²) in [5.74, 6) is 4.91. The number of rotatable bonds is 12. The summed E-state index contributed by atoms with van der Waals surface area (Å²) in [4.78, 5) is 0. The molecule has 0 unspecified atom stereocenters. The van der Waals surface area contributed by atoms with E-state index in [0.717, 1.165) is 57.6 Å². The second kappa shape index (κ2) is 12.1. The Morgan fingerprint density at radius 2 is 0.794 bits per heavy atom. The topological polar surface area (TPSA) is 55.4 Å². The molecule has 0 amide bonds. The molecular weight excluding hydrogens is 432 g/mol. The van der Waals surface area contributed by atoms with Crippen molar-refractivity contribution in [1.82, 2.24) is 0 Å². The maximum Gasteiger partial charge on any atom is 0.123 e. The predicted octanol–water partition coefficient (Wildman–Crippen LogP) is 6.08. The maximum absolute atomic E-state index is 6.15. The minimum absolute atomic E-state index is 0.380. The van der Waals surface area contributed by atoms with Crippen LogP contribution in [0.5, 0.6) is 34.5 Å². The molecule has 3 aromatic rings. The van der Waals surface area contributed by atoms with Crippen molar-refractivity contribution in [3.8, 4) is 34.5 Å². The molecule has 0 aliphatic heterocycles. The van der Waals surface area contributed by atoms with Gasteiger partial charge in [0.1, 0.15) is 47.7 Å². The van der Waals surface area contributed by atoms with Crippen molar-refractivity contribution in [2.24, 2.45) is 5.92 Å². The van der Waals surface area contributed by atoms with Gasteiger partial charge in [-0.25, -0.2) is 0 Å². The number of benzene rings is 3. The summed E-state index contributed by atoms with van der Waals surface area (Å²) in [7, 11) is 6.54. The largest absolute Gasteiger partial charge is 0.497 e. The Labute approximate surface area is 202 Å². The van der Waals surface area contributed by atoms with Crippen LogP contribution in [0.15, 0.2) is 54.6 Å². The van der Waals surface area contributed by atoms with Gasteiger partial charge in [0.15, 0.2) is 0 Å².